The predicted molar refractivity (Wildman–Crippen MR) is 49.3 cm³/mol. The standard InChI is InChI=1S/C7H10N2.C2H6/c1-6(2)7-4-9(3)5-8-7;1-2/h4-5H,1H2,2-3H3;1-2H3. The van der Waals surface area contributed by atoms with Gasteiger partial charge in [-0.1, -0.05) is 20.4 Å². The Labute approximate surface area is 68.6 Å². The number of aromatic nitrogens is 2. The summed E-state index contributed by atoms with van der Waals surface area (Å²) in [5, 5.41) is 0. The van der Waals surface area contributed by atoms with Crippen molar-refractivity contribution < 1.29 is 0 Å². The molecule has 0 saturated heterocycles. The smallest absolute Gasteiger partial charge is 0.0950 e. The van der Waals surface area contributed by atoms with Crippen LogP contribution in [0.25, 0.3) is 5.57 Å². The minimum absolute atomic E-state index is 0.970. The van der Waals surface area contributed by atoms with Crippen molar-refractivity contribution in [2.75, 3.05) is 0 Å². The average Bonchev–Trinajstić information content (AvgIpc) is 2.40. The van der Waals surface area contributed by atoms with Gasteiger partial charge >= 0.3 is 0 Å². The van der Waals surface area contributed by atoms with Crippen LogP contribution in [-0.4, -0.2) is 9.55 Å². The van der Waals surface area contributed by atoms with E-state index >= 15 is 0 Å². The van der Waals surface area contributed by atoms with Gasteiger partial charge in [-0.05, 0) is 12.5 Å². The van der Waals surface area contributed by atoms with Crippen LogP contribution in [0.1, 0.15) is 26.5 Å². The van der Waals surface area contributed by atoms with Gasteiger partial charge in [0.25, 0.3) is 0 Å². The molecule has 0 atom stereocenters. The molecule has 0 amide bonds. The summed E-state index contributed by atoms with van der Waals surface area (Å²) >= 11 is 0. The SMILES string of the molecule is C=C(C)c1cn(C)cn1.CC. The maximum absolute atomic E-state index is 4.08. The molecule has 0 aliphatic carbocycles. The van der Waals surface area contributed by atoms with E-state index in [0.717, 1.165) is 11.3 Å². The highest BCUT2D eigenvalue weighted by Crippen LogP contribution is 2.05. The Morgan fingerprint density at radius 2 is 2.09 bits per heavy atom. The lowest BCUT2D eigenvalue weighted by molar-refractivity contribution is 0.913. The van der Waals surface area contributed by atoms with Crippen LogP contribution < -0.4 is 0 Å². The Hall–Kier alpha value is -1.05. The van der Waals surface area contributed by atoms with Crippen LogP contribution in [0.15, 0.2) is 19.1 Å². The molecule has 0 N–H and O–H groups in total. The van der Waals surface area contributed by atoms with E-state index < -0.39 is 0 Å². The minimum Gasteiger partial charge on any atom is -0.340 e. The summed E-state index contributed by atoms with van der Waals surface area (Å²) in [4.78, 5) is 4.08. The fraction of sp³-hybridized carbons (Fsp3) is 0.444. The Bertz CT molecular complexity index is 223. The van der Waals surface area contributed by atoms with Crippen molar-refractivity contribution in [3.63, 3.8) is 0 Å². The van der Waals surface area contributed by atoms with Gasteiger partial charge in [0.15, 0.2) is 0 Å². The number of nitrogens with zero attached hydrogens (tertiary/aromatic N) is 2. The van der Waals surface area contributed by atoms with Crippen molar-refractivity contribution in [1.82, 2.24) is 9.55 Å². The number of hydrogen-bond donors (Lipinski definition) is 0. The summed E-state index contributed by atoms with van der Waals surface area (Å²) in [5.41, 5.74) is 1.98. The van der Waals surface area contributed by atoms with E-state index in [1.54, 1.807) is 6.33 Å². The molecule has 0 unspecified atom stereocenters. The summed E-state index contributed by atoms with van der Waals surface area (Å²) in [6.07, 6.45) is 3.71. The summed E-state index contributed by atoms with van der Waals surface area (Å²) < 4.78 is 1.91. The third kappa shape index (κ3) is 3.03. The Balaban J connectivity index is 0.000000461. The van der Waals surface area contributed by atoms with Gasteiger partial charge in [-0.3, -0.25) is 0 Å². The molecule has 0 bridgehead atoms. The number of imidazole rings is 1. The molecule has 2 nitrogen and oxygen atoms in total. The second-order valence-electron chi connectivity index (χ2n) is 2.20. The highest BCUT2D eigenvalue weighted by atomic mass is 15.0. The van der Waals surface area contributed by atoms with Gasteiger partial charge in [0.1, 0.15) is 0 Å². The average molecular weight is 152 g/mol. The van der Waals surface area contributed by atoms with Gasteiger partial charge in [0, 0.05) is 13.2 Å². The summed E-state index contributed by atoms with van der Waals surface area (Å²) in [6, 6.07) is 0. The molecule has 1 aromatic heterocycles. The predicted octanol–water partition coefficient (Wildman–Crippen LogP) is 2.48. The van der Waals surface area contributed by atoms with E-state index in [0.29, 0.717) is 0 Å². The van der Waals surface area contributed by atoms with Crippen LogP contribution in [0.5, 0.6) is 0 Å². The van der Waals surface area contributed by atoms with Gasteiger partial charge in [0.05, 0.1) is 12.0 Å². The van der Waals surface area contributed by atoms with Gasteiger partial charge in [-0.2, -0.15) is 0 Å². The molecule has 0 aliphatic rings. The van der Waals surface area contributed by atoms with Crippen LogP contribution in [0.4, 0.5) is 0 Å². The zero-order valence-electron chi connectivity index (χ0n) is 7.76. The largest absolute Gasteiger partial charge is 0.340 e. The van der Waals surface area contributed by atoms with Crippen LogP contribution in [0, 0.1) is 0 Å². The lowest BCUT2D eigenvalue weighted by Crippen LogP contribution is -1.78. The molecule has 2 heteroatoms. The lowest BCUT2D eigenvalue weighted by atomic mass is 10.3. The van der Waals surface area contributed by atoms with Crippen LogP contribution in [0.2, 0.25) is 0 Å². The fourth-order valence-electron chi connectivity index (χ4n) is 0.633. The van der Waals surface area contributed by atoms with Crippen LogP contribution in [-0.2, 0) is 7.05 Å². The third-order valence-electron chi connectivity index (χ3n) is 1.14. The first-order valence-corrected chi connectivity index (χ1v) is 3.84. The van der Waals surface area contributed by atoms with E-state index in [9.17, 15) is 0 Å². The zero-order valence-corrected chi connectivity index (χ0v) is 7.76. The summed E-state index contributed by atoms with van der Waals surface area (Å²) in [5.74, 6) is 0. The van der Waals surface area contributed by atoms with Crippen molar-refractivity contribution in [1.29, 1.82) is 0 Å². The normalized spacial score (nSPS) is 8.36. The van der Waals surface area contributed by atoms with Crippen molar-refractivity contribution in [3.8, 4) is 0 Å². The Kier molecular flexibility index (Phi) is 4.27. The third-order valence-corrected chi connectivity index (χ3v) is 1.14. The zero-order chi connectivity index (χ0) is 8.85. The highest BCUT2D eigenvalue weighted by Gasteiger charge is 1.93. The van der Waals surface area contributed by atoms with E-state index in [4.69, 9.17) is 0 Å². The molecule has 0 aliphatic heterocycles. The minimum atomic E-state index is 0.970. The van der Waals surface area contributed by atoms with E-state index in [1.165, 1.54) is 0 Å². The van der Waals surface area contributed by atoms with Gasteiger partial charge in [-0.15, -0.1) is 0 Å². The second-order valence-corrected chi connectivity index (χ2v) is 2.20. The first-order chi connectivity index (χ1) is 5.20. The molecule has 1 aromatic rings. The molecule has 1 rings (SSSR count). The van der Waals surface area contributed by atoms with Crippen molar-refractivity contribution in [3.05, 3.63) is 24.8 Å². The number of aryl methyl sites for hydroxylation is 1. The summed E-state index contributed by atoms with van der Waals surface area (Å²) in [6.45, 7) is 9.71. The highest BCUT2D eigenvalue weighted by molar-refractivity contribution is 5.56. The van der Waals surface area contributed by atoms with Crippen molar-refractivity contribution in [2.45, 2.75) is 20.8 Å². The van der Waals surface area contributed by atoms with E-state index in [-0.39, 0.29) is 0 Å². The topological polar surface area (TPSA) is 17.8 Å². The van der Waals surface area contributed by atoms with E-state index in [2.05, 4.69) is 11.6 Å². The number of allylic oxidation sites excluding steroid dienone is 1. The first-order valence-electron chi connectivity index (χ1n) is 3.84. The van der Waals surface area contributed by atoms with Crippen LogP contribution >= 0.6 is 0 Å². The molecular weight excluding hydrogens is 136 g/mol. The molecule has 0 spiro atoms. The molecule has 62 valence electrons. The molecule has 0 fully saturated rings. The number of hydrogen-bond acceptors (Lipinski definition) is 1. The van der Waals surface area contributed by atoms with Crippen LogP contribution in [0.3, 0.4) is 0 Å². The number of rotatable bonds is 1. The van der Waals surface area contributed by atoms with Gasteiger partial charge in [-0.25, -0.2) is 4.98 Å². The molecule has 11 heavy (non-hydrogen) atoms. The molecule has 0 radical (unpaired) electrons. The van der Waals surface area contributed by atoms with Crippen molar-refractivity contribution in [2.24, 2.45) is 7.05 Å². The fourth-order valence-corrected chi connectivity index (χ4v) is 0.633. The van der Waals surface area contributed by atoms with E-state index in [1.807, 2.05) is 38.6 Å². The second kappa shape index (κ2) is 4.72. The molecule has 0 aromatic carbocycles. The quantitative estimate of drug-likeness (QED) is 0.604. The Morgan fingerprint density at radius 3 is 2.27 bits per heavy atom. The maximum atomic E-state index is 4.08. The lowest BCUT2D eigenvalue weighted by Gasteiger charge is -1.87. The van der Waals surface area contributed by atoms with Gasteiger partial charge in [0.2, 0.25) is 0 Å². The van der Waals surface area contributed by atoms with Crippen molar-refractivity contribution >= 4 is 5.57 Å². The molecule has 0 saturated carbocycles. The summed E-state index contributed by atoms with van der Waals surface area (Å²) in [7, 11) is 1.94. The molecular formula is C9H16N2. The first kappa shape index (κ1) is 9.95. The monoisotopic (exact) mass is 152 g/mol. The maximum Gasteiger partial charge on any atom is 0.0950 e. The molecule has 1 heterocycles. The Morgan fingerprint density at radius 1 is 1.55 bits per heavy atom. The van der Waals surface area contributed by atoms with Gasteiger partial charge < -0.3 is 4.57 Å².